The summed E-state index contributed by atoms with van der Waals surface area (Å²) in [4.78, 5) is 27.5. The van der Waals surface area contributed by atoms with Gasteiger partial charge in [-0.15, -0.1) is 0 Å². The number of hydrogen-bond donors (Lipinski definition) is 1. The number of piperazine rings is 1. The van der Waals surface area contributed by atoms with Gasteiger partial charge in [-0.2, -0.15) is 0 Å². The highest BCUT2D eigenvalue weighted by Gasteiger charge is 2.33. The number of amides is 1. The fourth-order valence-corrected chi connectivity index (χ4v) is 4.05. The van der Waals surface area contributed by atoms with Crippen molar-refractivity contribution >= 4 is 17.3 Å². The second-order valence-electron chi connectivity index (χ2n) is 8.33. The molecule has 1 amide bonds. The smallest absolute Gasteiger partial charge is 0.269 e. The van der Waals surface area contributed by atoms with Gasteiger partial charge in [-0.25, -0.2) is 0 Å². The fraction of sp³-hybridized carbons (Fsp3) is 0.435. The van der Waals surface area contributed by atoms with Crippen molar-refractivity contribution < 1.29 is 9.72 Å². The summed E-state index contributed by atoms with van der Waals surface area (Å²) < 4.78 is 0. The monoisotopic (exact) mass is 408 g/mol. The number of hydrogen-bond acceptors (Lipinski definition) is 5. The maximum atomic E-state index is 12.7. The fourth-order valence-electron chi connectivity index (χ4n) is 4.05. The third-order valence-corrected chi connectivity index (χ3v) is 6.01. The van der Waals surface area contributed by atoms with E-state index in [4.69, 9.17) is 0 Å². The zero-order valence-corrected chi connectivity index (χ0v) is 17.3. The van der Waals surface area contributed by atoms with Crippen LogP contribution in [0, 0.1) is 23.0 Å². The number of nitro groups is 1. The SMILES string of the molecule is Cc1ccc(C(NC(=O)CN2CCN(c3ccc([N+](=O)[O-])cc3)CC2)C2CC2)cc1. The average molecular weight is 409 g/mol. The molecule has 2 fully saturated rings. The van der Waals surface area contributed by atoms with Gasteiger partial charge in [-0.1, -0.05) is 29.8 Å². The van der Waals surface area contributed by atoms with Crippen molar-refractivity contribution in [2.24, 2.45) is 5.92 Å². The van der Waals surface area contributed by atoms with E-state index in [0.29, 0.717) is 12.5 Å². The molecule has 158 valence electrons. The van der Waals surface area contributed by atoms with Gasteiger partial charge in [-0.05, 0) is 43.4 Å². The Kier molecular flexibility index (Phi) is 5.99. The predicted molar refractivity (Wildman–Crippen MR) is 117 cm³/mol. The number of nitrogens with one attached hydrogen (secondary N) is 1. The van der Waals surface area contributed by atoms with E-state index in [2.05, 4.69) is 46.3 Å². The van der Waals surface area contributed by atoms with Crippen molar-refractivity contribution in [2.45, 2.75) is 25.8 Å². The number of carbonyl (C=O) groups is 1. The van der Waals surface area contributed by atoms with Gasteiger partial charge in [0.05, 0.1) is 17.5 Å². The van der Waals surface area contributed by atoms with E-state index in [-0.39, 0.29) is 22.6 Å². The first-order chi connectivity index (χ1) is 14.5. The van der Waals surface area contributed by atoms with E-state index >= 15 is 0 Å². The van der Waals surface area contributed by atoms with E-state index in [9.17, 15) is 14.9 Å². The normalized spacial score (nSPS) is 18.1. The Balaban J connectivity index is 1.28. The highest BCUT2D eigenvalue weighted by molar-refractivity contribution is 5.78. The van der Waals surface area contributed by atoms with Crippen molar-refractivity contribution in [3.05, 3.63) is 69.8 Å². The molecule has 0 aromatic heterocycles. The molecular formula is C23H28N4O3. The molecule has 4 rings (SSSR count). The van der Waals surface area contributed by atoms with Crippen LogP contribution >= 0.6 is 0 Å². The highest BCUT2D eigenvalue weighted by atomic mass is 16.6. The zero-order chi connectivity index (χ0) is 21.1. The van der Waals surface area contributed by atoms with Crippen LogP contribution in [0.15, 0.2) is 48.5 Å². The lowest BCUT2D eigenvalue weighted by molar-refractivity contribution is -0.384. The van der Waals surface area contributed by atoms with E-state index in [0.717, 1.165) is 31.9 Å². The van der Waals surface area contributed by atoms with Crippen LogP contribution < -0.4 is 10.2 Å². The average Bonchev–Trinajstić information content (AvgIpc) is 3.59. The lowest BCUT2D eigenvalue weighted by Gasteiger charge is -2.36. The highest BCUT2D eigenvalue weighted by Crippen LogP contribution is 2.41. The van der Waals surface area contributed by atoms with Gasteiger partial charge < -0.3 is 10.2 Å². The van der Waals surface area contributed by atoms with Crippen LogP contribution in [0.4, 0.5) is 11.4 Å². The minimum absolute atomic E-state index is 0.0799. The second-order valence-corrected chi connectivity index (χ2v) is 8.33. The number of carbonyl (C=O) groups excluding carboxylic acids is 1. The van der Waals surface area contributed by atoms with Crippen LogP contribution in [-0.4, -0.2) is 48.5 Å². The lowest BCUT2D eigenvalue weighted by atomic mass is 10.0. The van der Waals surface area contributed by atoms with Gasteiger partial charge in [0.25, 0.3) is 5.69 Å². The molecule has 7 nitrogen and oxygen atoms in total. The minimum Gasteiger partial charge on any atom is -0.369 e. The maximum absolute atomic E-state index is 12.7. The summed E-state index contributed by atoms with van der Waals surface area (Å²) in [5.41, 5.74) is 3.51. The molecular weight excluding hydrogens is 380 g/mol. The first kappa shape index (κ1) is 20.3. The first-order valence-electron chi connectivity index (χ1n) is 10.6. The van der Waals surface area contributed by atoms with Crippen LogP contribution in [0.25, 0.3) is 0 Å². The molecule has 1 heterocycles. The van der Waals surface area contributed by atoms with Gasteiger partial charge in [-0.3, -0.25) is 19.8 Å². The van der Waals surface area contributed by atoms with Crippen LogP contribution in [0.1, 0.15) is 30.0 Å². The second kappa shape index (κ2) is 8.83. The molecule has 2 aliphatic rings. The summed E-state index contributed by atoms with van der Waals surface area (Å²) in [5.74, 6) is 0.631. The quantitative estimate of drug-likeness (QED) is 0.562. The van der Waals surface area contributed by atoms with E-state index in [1.807, 2.05) is 0 Å². The third-order valence-electron chi connectivity index (χ3n) is 6.01. The molecule has 30 heavy (non-hydrogen) atoms. The number of nitro benzene ring substituents is 1. The number of rotatable bonds is 7. The molecule has 1 aliphatic heterocycles. The predicted octanol–water partition coefficient (Wildman–Crippen LogP) is 3.29. The van der Waals surface area contributed by atoms with Gasteiger partial charge in [0.15, 0.2) is 0 Å². The van der Waals surface area contributed by atoms with Crippen molar-refractivity contribution in [3.8, 4) is 0 Å². The first-order valence-corrected chi connectivity index (χ1v) is 10.6. The Hall–Kier alpha value is -2.93. The summed E-state index contributed by atoms with van der Waals surface area (Å²) in [7, 11) is 0. The van der Waals surface area contributed by atoms with Gasteiger partial charge in [0.2, 0.25) is 5.91 Å². The van der Waals surface area contributed by atoms with E-state index < -0.39 is 0 Å². The molecule has 7 heteroatoms. The van der Waals surface area contributed by atoms with Crippen LogP contribution in [0.2, 0.25) is 0 Å². The summed E-state index contributed by atoms with van der Waals surface area (Å²) in [6.45, 7) is 5.67. The molecule has 2 aromatic carbocycles. The molecule has 0 bridgehead atoms. The molecule has 1 unspecified atom stereocenters. The summed E-state index contributed by atoms with van der Waals surface area (Å²) in [5, 5.41) is 14.1. The number of aryl methyl sites for hydroxylation is 1. The molecule has 2 aromatic rings. The molecule has 1 atom stereocenters. The Bertz CT molecular complexity index is 886. The summed E-state index contributed by atoms with van der Waals surface area (Å²) >= 11 is 0. The molecule has 0 spiro atoms. The number of non-ortho nitro benzene ring substituents is 1. The maximum Gasteiger partial charge on any atom is 0.269 e. The Labute approximate surface area is 176 Å². The molecule has 1 N–H and O–H groups in total. The third kappa shape index (κ3) is 4.97. The number of nitrogens with zero attached hydrogens (tertiary/aromatic N) is 3. The summed E-state index contributed by atoms with van der Waals surface area (Å²) in [6, 6.07) is 15.2. The zero-order valence-electron chi connectivity index (χ0n) is 17.3. The Morgan fingerprint density at radius 3 is 2.27 bits per heavy atom. The van der Waals surface area contributed by atoms with Crippen molar-refractivity contribution in [3.63, 3.8) is 0 Å². The van der Waals surface area contributed by atoms with Crippen LogP contribution in [-0.2, 0) is 4.79 Å². The van der Waals surface area contributed by atoms with Crippen LogP contribution in [0.5, 0.6) is 0 Å². The number of benzene rings is 2. The molecule has 0 radical (unpaired) electrons. The van der Waals surface area contributed by atoms with Crippen LogP contribution in [0.3, 0.4) is 0 Å². The van der Waals surface area contributed by atoms with Crippen molar-refractivity contribution in [1.29, 1.82) is 0 Å². The number of anilines is 1. The summed E-state index contributed by atoms with van der Waals surface area (Å²) in [6.07, 6.45) is 2.35. The minimum atomic E-state index is -0.383. The van der Waals surface area contributed by atoms with Crippen molar-refractivity contribution in [2.75, 3.05) is 37.6 Å². The molecule has 1 aliphatic carbocycles. The largest absolute Gasteiger partial charge is 0.369 e. The van der Waals surface area contributed by atoms with Gasteiger partial charge >= 0.3 is 0 Å². The Morgan fingerprint density at radius 2 is 1.70 bits per heavy atom. The Morgan fingerprint density at radius 1 is 1.07 bits per heavy atom. The van der Waals surface area contributed by atoms with E-state index in [1.54, 1.807) is 12.1 Å². The molecule has 1 saturated heterocycles. The standard InChI is InChI=1S/C23H28N4O3/c1-17-2-4-18(5-3-17)23(19-6-7-19)24-22(28)16-25-12-14-26(15-13-25)20-8-10-21(11-9-20)27(29)30/h2-5,8-11,19,23H,6-7,12-16H2,1H3,(H,24,28). The van der Waals surface area contributed by atoms with Gasteiger partial charge in [0.1, 0.15) is 0 Å². The van der Waals surface area contributed by atoms with E-state index in [1.165, 1.54) is 36.1 Å². The van der Waals surface area contributed by atoms with Crippen molar-refractivity contribution in [1.82, 2.24) is 10.2 Å². The van der Waals surface area contributed by atoms with Gasteiger partial charge in [0, 0.05) is 44.0 Å². The topological polar surface area (TPSA) is 78.7 Å². The molecule has 1 saturated carbocycles. The lowest BCUT2D eigenvalue weighted by Crippen LogP contribution is -2.50.